The van der Waals surface area contributed by atoms with Crippen molar-refractivity contribution in [2.75, 3.05) is 38.2 Å². The van der Waals surface area contributed by atoms with Crippen LogP contribution < -0.4 is 65.9 Å². The molecule has 1 rings (SSSR count). The summed E-state index contributed by atoms with van der Waals surface area (Å²) in [5.74, 6) is -10.8. The Bertz CT molecular complexity index is 1830. The Morgan fingerprint density at radius 2 is 1.18 bits per heavy atom. The van der Waals surface area contributed by atoms with Crippen LogP contribution in [0.5, 0.6) is 0 Å². The molecule has 1 heterocycles. The summed E-state index contributed by atoms with van der Waals surface area (Å²) in [5, 5.41) is 46.7. The fourth-order valence-corrected chi connectivity index (χ4v) is 7.91. The molecule has 0 aromatic carbocycles. The molecule has 0 radical (unpaired) electrons. The summed E-state index contributed by atoms with van der Waals surface area (Å²) in [6.07, 6.45) is 0.431. The minimum Gasteiger partial charge on any atom is -0.481 e. The van der Waals surface area contributed by atoms with E-state index in [-0.39, 0.29) is 51.1 Å². The number of carboxylic acid groups (broad SMARTS) is 1. The van der Waals surface area contributed by atoms with Gasteiger partial charge in [-0.15, -0.1) is 0 Å². The lowest BCUT2D eigenvalue weighted by molar-refractivity contribution is -0.143. The summed E-state index contributed by atoms with van der Waals surface area (Å²) in [5.41, 5.74) is 27.9. The molecule has 1 aliphatic heterocycles. The van der Waals surface area contributed by atoms with Gasteiger partial charge in [-0.2, -0.15) is 11.8 Å². The first kappa shape index (κ1) is 63.3. The number of nitrogens with two attached hydrogens (primary N) is 5. The van der Waals surface area contributed by atoms with Crippen molar-refractivity contribution in [3.63, 3.8) is 0 Å². The second-order valence-electron chi connectivity index (χ2n) is 17.4. The highest BCUT2D eigenvalue weighted by Crippen LogP contribution is 2.21. The lowest BCUT2D eigenvalue weighted by Gasteiger charge is -2.31. The number of nitrogens with one attached hydrogen (secondary N) is 7. The molecule has 1 saturated heterocycles. The van der Waals surface area contributed by atoms with Gasteiger partial charge in [0.05, 0.1) is 25.2 Å². The molecule has 0 spiro atoms. The maximum Gasteiger partial charge on any atom is 0.303 e. The highest BCUT2D eigenvalue weighted by atomic mass is 32.2. The molecular weight excluding hydrogens is 955 g/mol. The normalized spacial score (nSPS) is 17.5. The molecule has 0 saturated carbocycles. The predicted octanol–water partition coefficient (Wildman–Crippen LogP) is -6.04. The number of primary amides is 2. The highest BCUT2D eigenvalue weighted by Gasteiger charge is 2.41. The number of unbranched alkanes of at least 4 members (excludes halogenated alkanes) is 2. The number of likely N-dealkylation sites (tertiary alicyclic amines) is 1. The summed E-state index contributed by atoms with van der Waals surface area (Å²) >= 11 is 1.33. The van der Waals surface area contributed by atoms with E-state index in [9.17, 15) is 68.1 Å². The van der Waals surface area contributed by atoms with Gasteiger partial charge in [0.1, 0.15) is 48.3 Å². The smallest absolute Gasteiger partial charge is 0.303 e. The average molecular weight is 1030 g/mol. The van der Waals surface area contributed by atoms with Crippen LogP contribution in [0.2, 0.25) is 0 Å². The van der Waals surface area contributed by atoms with E-state index in [1.54, 1.807) is 20.1 Å². The van der Waals surface area contributed by atoms with E-state index in [1.807, 2.05) is 0 Å². The minimum absolute atomic E-state index is 0.0160. The van der Waals surface area contributed by atoms with Crippen molar-refractivity contribution in [2.24, 2.45) is 34.6 Å². The van der Waals surface area contributed by atoms with E-state index in [0.717, 1.165) is 6.92 Å². The number of carbonyl (C=O) groups excluding carboxylic acids is 10. The third kappa shape index (κ3) is 22.1. The maximum atomic E-state index is 14.3. The van der Waals surface area contributed by atoms with Crippen LogP contribution in [0.1, 0.15) is 97.8 Å². The summed E-state index contributed by atoms with van der Waals surface area (Å²) in [6, 6.07) is -12.6. The minimum atomic E-state index is -1.73. The molecule has 0 aliphatic carbocycles. The Kier molecular flexibility index (Phi) is 29.5. The fourth-order valence-electron chi connectivity index (χ4n) is 7.40. The van der Waals surface area contributed by atoms with Gasteiger partial charge in [0.2, 0.25) is 59.1 Å². The quantitative estimate of drug-likeness (QED) is 0.0263. The standard InChI is InChI=1S/C43H77N13O14S/c1-5-22(2)33(54-36(63)24(46)21-71-4)42(69)53-29(20-57)40(67)51-27(12-7-9-17-45)43(70)56-18-10-13-30(56)41(68)50-26(14-15-32(60)61)38(65)49-25(11-6-8-16-44)37(64)52-28(19-31(47)59)39(66)55-34(23(3)58)35(48)62/h22-30,33-34,57-58H,5-21,44-46H2,1-4H3,(H2,47,59)(H2,48,62)(H,49,65)(H,50,68)(H,51,67)(H,52,64)(H,53,69)(H,54,63)(H,55,66)(H,60,61)/t22?,23-,24?,25?,26?,27?,28?,29?,30?,33?,34+/m0/s1. The zero-order chi connectivity index (χ0) is 54.0. The molecule has 0 bridgehead atoms. The molecule has 20 N–H and O–H groups in total. The fraction of sp³-hybridized carbons (Fsp3) is 0.744. The van der Waals surface area contributed by atoms with Crippen LogP contribution in [0.25, 0.3) is 0 Å². The van der Waals surface area contributed by atoms with Crippen molar-refractivity contribution in [2.45, 2.75) is 158 Å². The molecule has 27 nitrogen and oxygen atoms in total. The van der Waals surface area contributed by atoms with E-state index in [1.165, 1.54) is 16.7 Å². The second kappa shape index (κ2) is 33.1. The predicted molar refractivity (Wildman–Crippen MR) is 259 cm³/mol. The number of carbonyl (C=O) groups is 11. The number of hydrogen-bond donors (Lipinski definition) is 15. The van der Waals surface area contributed by atoms with Crippen LogP contribution in [-0.2, 0) is 52.7 Å². The molecule has 9 unspecified atom stereocenters. The number of aliphatic hydroxyl groups excluding tert-OH is 2. The molecule has 404 valence electrons. The lowest BCUT2D eigenvalue weighted by Crippen LogP contribution is -2.61. The van der Waals surface area contributed by atoms with Gasteiger partial charge in [-0.25, -0.2) is 0 Å². The SMILES string of the molecule is CCC(C)C(NC(=O)C(N)CSC)C(=O)NC(CO)C(=O)NC(CCCCN)C(=O)N1CCCC1C(=O)NC(CCC(=O)O)C(=O)NC(CCCCN)C(=O)NC(CC(N)=O)C(=O)N[C@@H](C(N)=O)[C@H](C)O. The molecule has 71 heavy (non-hydrogen) atoms. The molecule has 11 atom stereocenters. The summed E-state index contributed by atoms with van der Waals surface area (Å²) in [4.78, 5) is 146. The van der Waals surface area contributed by atoms with Crippen LogP contribution in [0, 0.1) is 5.92 Å². The molecule has 10 amide bonds. The van der Waals surface area contributed by atoms with Crippen LogP contribution in [0.4, 0.5) is 0 Å². The van der Waals surface area contributed by atoms with Crippen molar-refractivity contribution in [1.29, 1.82) is 0 Å². The Morgan fingerprint density at radius 1 is 0.676 bits per heavy atom. The number of carboxylic acids is 1. The Labute approximate surface area is 417 Å². The first-order valence-corrected chi connectivity index (χ1v) is 25.0. The molecule has 28 heteroatoms. The van der Waals surface area contributed by atoms with Crippen LogP contribution in [0.3, 0.4) is 0 Å². The van der Waals surface area contributed by atoms with Gasteiger partial charge in [-0.1, -0.05) is 20.3 Å². The summed E-state index contributed by atoms with van der Waals surface area (Å²) in [6.45, 7) is 4.19. The van der Waals surface area contributed by atoms with Crippen molar-refractivity contribution in [1.82, 2.24) is 42.1 Å². The third-order valence-electron chi connectivity index (χ3n) is 11.7. The molecule has 1 fully saturated rings. The second-order valence-corrected chi connectivity index (χ2v) is 18.3. The maximum absolute atomic E-state index is 14.3. The van der Waals surface area contributed by atoms with Gasteiger partial charge in [0, 0.05) is 18.7 Å². The topological polar surface area (TPSA) is 466 Å². The number of aliphatic hydroxyl groups is 2. The summed E-state index contributed by atoms with van der Waals surface area (Å²) in [7, 11) is 0. The van der Waals surface area contributed by atoms with Gasteiger partial charge < -0.3 is 86.1 Å². The third-order valence-corrected chi connectivity index (χ3v) is 12.4. The van der Waals surface area contributed by atoms with Crippen LogP contribution in [-0.4, -0.2) is 184 Å². The van der Waals surface area contributed by atoms with Crippen LogP contribution >= 0.6 is 11.8 Å². The number of thioether (sulfide) groups is 1. The summed E-state index contributed by atoms with van der Waals surface area (Å²) < 4.78 is 0. The van der Waals surface area contributed by atoms with Crippen molar-refractivity contribution < 1.29 is 68.1 Å². The number of nitrogens with zero attached hydrogens (tertiary/aromatic N) is 1. The lowest BCUT2D eigenvalue weighted by atomic mass is 9.97. The number of aliphatic carboxylic acids is 1. The van der Waals surface area contributed by atoms with Gasteiger partial charge in [0.25, 0.3) is 0 Å². The van der Waals surface area contributed by atoms with E-state index >= 15 is 0 Å². The highest BCUT2D eigenvalue weighted by molar-refractivity contribution is 7.98. The number of rotatable bonds is 35. The molecular formula is C43H77N13O14S. The zero-order valence-corrected chi connectivity index (χ0v) is 41.8. The van der Waals surface area contributed by atoms with Crippen molar-refractivity contribution in [3.05, 3.63) is 0 Å². The Balaban J connectivity index is 3.43. The van der Waals surface area contributed by atoms with E-state index in [2.05, 4.69) is 37.2 Å². The molecule has 0 aromatic heterocycles. The van der Waals surface area contributed by atoms with Gasteiger partial charge in [-0.3, -0.25) is 52.7 Å². The van der Waals surface area contributed by atoms with Crippen molar-refractivity contribution in [3.8, 4) is 0 Å². The number of hydrogen-bond acceptors (Lipinski definition) is 17. The van der Waals surface area contributed by atoms with Gasteiger partial charge in [0.15, 0.2) is 0 Å². The average Bonchev–Trinajstić information content (AvgIpc) is 3.81. The van der Waals surface area contributed by atoms with Crippen LogP contribution in [0.15, 0.2) is 0 Å². The van der Waals surface area contributed by atoms with Gasteiger partial charge in [-0.05, 0) is 90.0 Å². The Hall–Kier alpha value is -5.68. The monoisotopic (exact) mass is 1030 g/mol. The van der Waals surface area contributed by atoms with Gasteiger partial charge >= 0.3 is 5.97 Å². The first-order chi connectivity index (χ1) is 33.5. The largest absolute Gasteiger partial charge is 0.481 e. The van der Waals surface area contributed by atoms with Crippen molar-refractivity contribution >= 4 is 76.8 Å². The van der Waals surface area contributed by atoms with E-state index in [0.29, 0.717) is 32.1 Å². The Morgan fingerprint density at radius 3 is 1.69 bits per heavy atom. The molecule has 0 aromatic rings. The molecule has 1 aliphatic rings. The van der Waals surface area contributed by atoms with E-state index < -0.39 is 157 Å². The first-order valence-electron chi connectivity index (χ1n) is 23.6. The zero-order valence-electron chi connectivity index (χ0n) is 40.9. The number of amides is 10. The van der Waals surface area contributed by atoms with E-state index in [4.69, 9.17) is 28.7 Å².